The molecule has 0 bridgehead atoms. The van der Waals surface area contributed by atoms with Crippen molar-refractivity contribution in [3.63, 3.8) is 0 Å². The molecule has 2 aromatic heterocycles. The summed E-state index contributed by atoms with van der Waals surface area (Å²) in [5, 5.41) is 6.23. The van der Waals surface area contributed by atoms with Crippen molar-refractivity contribution in [3.8, 4) is 22.8 Å². The van der Waals surface area contributed by atoms with Crippen LogP contribution in [0.5, 0.6) is 0 Å². The molecule has 1 amide bonds. The van der Waals surface area contributed by atoms with Crippen molar-refractivity contribution in [2.45, 2.75) is 6.92 Å². The van der Waals surface area contributed by atoms with Gasteiger partial charge in [0.2, 0.25) is 11.8 Å². The highest BCUT2D eigenvalue weighted by Gasteiger charge is 2.13. The molecule has 0 radical (unpaired) electrons. The molecule has 0 unspecified atom stereocenters. The van der Waals surface area contributed by atoms with Gasteiger partial charge in [-0.3, -0.25) is 10.1 Å². The number of aryl methyl sites for hydroxylation is 1. The van der Waals surface area contributed by atoms with Gasteiger partial charge in [-0.1, -0.05) is 48.0 Å². The number of carbonyl (C=O) groups is 1. The number of hydrogen-bond acceptors (Lipinski definition) is 5. The molecule has 0 aliphatic heterocycles. The second kappa shape index (κ2) is 10.2. The minimum atomic E-state index is -0.395. The highest BCUT2D eigenvalue weighted by atomic mass is 35.5. The van der Waals surface area contributed by atoms with E-state index in [4.69, 9.17) is 32.7 Å². The molecule has 178 valence electrons. The first-order valence-electron chi connectivity index (χ1n) is 11.1. The molecule has 2 heterocycles. The Labute approximate surface area is 217 Å². The molecule has 5 rings (SSSR count). The van der Waals surface area contributed by atoms with E-state index in [2.05, 4.69) is 15.6 Å². The Kier molecular flexibility index (Phi) is 6.66. The number of anilines is 1. The highest BCUT2D eigenvalue weighted by molar-refractivity contribution is 7.80. The predicted octanol–water partition coefficient (Wildman–Crippen LogP) is 7.24. The summed E-state index contributed by atoms with van der Waals surface area (Å²) < 4.78 is 11.6. The van der Waals surface area contributed by atoms with E-state index in [1.54, 1.807) is 30.3 Å². The van der Waals surface area contributed by atoms with Crippen molar-refractivity contribution >= 4 is 57.7 Å². The fourth-order valence-corrected chi connectivity index (χ4v) is 4.01. The van der Waals surface area contributed by atoms with Gasteiger partial charge in [-0.25, -0.2) is 4.98 Å². The van der Waals surface area contributed by atoms with E-state index in [-0.39, 0.29) is 5.11 Å². The average Bonchev–Trinajstić information content (AvgIpc) is 3.51. The van der Waals surface area contributed by atoms with Crippen LogP contribution in [-0.2, 0) is 4.79 Å². The van der Waals surface area contributed by atoms with Crippen LogP contribution in [-0.4, -0.2) is 16.0 Å². The normalized spacial score (nSPS) is 11.2. The number of benzene rings is 3. The summed E-state index contributed by atoms with van der Waals surface area (Å²) in [6, 6.07) is 24.4. The van der Waals surface area contributed by atoms with Crippen LogP contribution in [0.15, 0.2) is 93.8 Å². The van der Waals surface area contributed by atoms with Crippen LogP contribution in [0.4, 0.5) is 5.69 Å². The summed E-state index contributed by atoms with van der Waals surface area (Å²) in [5.74, 6) is 1.28. The number of nitrogens with zero attached hydrogens (tertiary/aromatic N) is 1. The Morgan fingerprint density at radius 2 is 1.83 bits per heavy atom. The van der Waals surface area contributed by atoms with Gasteiger partial charge < -0.3 is 14.2 Å². The molecule has 3 aromatic carbocycles. The van der Waals surface area contributed by atoms with Gasteiger partial charge in [0.05, 0.1) is 10.6 Å². The topological polar surface area (TPSA) is 80.3 Å². The zero-order valence-corrected chi connectivity index (χ0v) is 20.7. The first-order chi connectivity index (χ1) is 17.4. The fourth-order valence-electron chi connectivity index (χ4n) is 3.59. The van der Waals surface area contributed by atoms with Crippen LogP contribution in [0.2, 0.25) is 5.02 Å². The molecule has 0 spiro atoms. The summed E-state index contributed by atoms with van der Waals surface area (Å²) in [5.41, 5.74) is 4.70. The zero-order chi connectivity index (χ0) is 25.1. The predicted molar refractivity (Wildman–Crippen MR) is 147 cm³/mol. The molecule has 0 atom stereocenters. The summed E-state index contributed by atoms with van der Waals surface area (Å²) in [6.45, 7) is 1.99. The van der Waals surface area contributed by atoms with Gasteiger partial charge >= 0.3 is 0 Å². The third-order valence-electron chi connectivity index (χ3n) is 5.32. The van der Waals surface area contributed by atoms with E-state index < -0.39 is 5.91 Å². The molecule has 36 heavy (non-hydrogen) atoms. The molecule has 0 aliphatic rings. The monoisotopic (exact) mass is 513 g/mol. The quantitative estimate of drug-likeness (QED) is 0.190. The number of oxazole rings is 1. The number of halogens is 1. The number of aromatic nitrogens is 1. The molecule has 0 fully saturated rings. The van der Waals surface area contributed by atoms with Gasteiger partial charge in [-0.15, -0.1) is 0 Å². The lowest BCUT2D eigenvalue weighted by Gasteiger charge is -2.09. The molecular weight excluding hydrogens is 494 g/mol. The molecular formula is C28H20ClN3O3S. The maximum Gasteiger partial charge on any atom is 0.250 e. The number of fused-ring (bicyclic) bond motifs is 1. The lowest BCUT2D eigenvalue weighted by atomic mass is 10.2. The number of furan rings is 1. The van der Waals surface area contributed by atoms with Crippen molar-refractivity contribution in [2.24, 2.45) is 0 Å². The van der Waals surface area contributed by atoms with E-state index >= 15 is 0 Å². The van der Waals surface area contributed by atoms with Crippen LogP contribution in [0.3, 0.4) is 0 Å². The SMILES string of the molecule is Cc1ccc2oc(-c3cc(NC(=S)NC(=O)/C=C/c4ccc(-c5ccccc5)o4)ccc3Cl)nc2c1. The minimum absolute atomic E-state index is 0.135. The van der Waals surface area contributed by atoms with E-state index in [1.807, 2.05) is 61.5 Å². The number of hydrogen-bond donors (Lipinski definition) is 2. The van der Waals surface area contributed by atoms with Crippen LogP contribution >= 0.6 is 23.8 Å². The van der Waals surface area contributed by atoms with Crippen LogP contribution in [0.1, 0.15) is 11.3 Å². The molecule has 5 aromatic rings. The summed E-state index contributed by atoms with van der Waals surface area (Å²) >= 11 is 11.7. The van der Waals surface area contributed by atoms with E-state index in [0.29, 0.717) is 33.5 Å². The average molecular weight is 514 g/mol. The maximum absolute atomic E-state index is 12.4. The van der Waals surface area contributed by atoms with Gasteiger partial charge in [0.25, 0.3) is 0 Å². The third kappa shape index (κ3) is 5.38. The van der Waals surface area contributed by atoms with Gasteiger partial charge in [-0.05, 0) is 73.2 Å². The van der Waals surface area contributed by atoms with E-state index in [9.17, 15) is 4.79 Å². The Morgan fingerprint density at radius 1 is 1.00 bits per heavy atom. The molecule has 8 heteroatoms. The third-order valence-corrected chi connectivity index (χ3v) is 5.85. The van der Waals surface area contributed by atoms with Crippen LogP contribution in [0.25, 0.3) is 40.0 Å². The lowest BCUT2D eigenvalue weighted by molar-refractivity contribution is -0.115. The summed E-state index contributed by atoms with van der Waals surface area (Å²) in [6.07, 6.45) is 2.94. The maximum atomic E-state index is 12.4. The fraction of sp³-hybridized carbons (Fsp3) is 0.0357. The summed E-state index contributed by atoms with van der Waals surface area (Å²) in [7, 11) is 0. The zero-order valence-electron chi connectivity index (χ0n) is 19.1. The number of amides is 1. The minimum Gasteiger partial charge on any atom is -0.457 e. The van der Waals surface area contributed by atoms with E-state index in [1.165, 1.54) is 6.08 Å². The van der Waals surface area contributed by atoms with Crippen molar-refractivity contribution < 1.29 is 13.6 Å². The van der Waals surface area contributed by atoms with Gasteiger partial charge in [0.1, 0.15) is 17.0 Å². The Morgan fingerprint density at radius 3 is 2.67 bits per heavy atom. The first kappa shape index (κ1) is 23.5. The first-order valence-corrected chi connectivity index (χ1v) is 11.9. The van der Waals surface area contributed by atoms with Gasteiger partial charge in [0, 0.05) is 17.3 Å². The standard InChI is InChI=1S/C28H20ClN3O3S/c1-17-7-12-25-23(15-17)31-27(35-25)21-16-19(8-11-22(21)29)30-28(36)32-26(33)14-10-20-9-13-24(34-20)18-5-3-2-4-6-18/h2-16H,1H3,(H2,30,32,33,36)/b14-10+. The van der Waals surface area contributed by atoms with Gasteiger partial charge in [-0.2, -0.15) is 0 Å². The largest absolute Gasteiger partial charge is 0.457 e. The lowest BCUT2D eigenvalue weighted by Crippen LogP contribution is -2.32. The Hall–Kier alpha value is -4.20. The number of nitrogens with one attached hydrogen (secondary N) is 2. The molecule has 0 saturated carbocycles. The van der Waals surface area contributed by atoms with E-state index in [0.717, 1.165) is 22.4 Å². The summed E-state index contributed by atoms with van der Waals surface area (Å²) in [4.78, 5) is 16.9. The number of rotatable bonds is 5. The van der Waals surface area contributed by atoms with Crippen molar-refractivity contribution in [2.75, 3.05) is 5.32 Å². The van der Waals surface area contributed by atoms with Crippen LogP contribution in [0, 0.1) is 6.92 Å². The molecule has 0 aliphatic carbocycles. The molecule has 6 nitrogen and oxygen atoms in total. The smallest absolute Gasteiger partial charge is 0.250 e. The number of thiocarbonyl (C=S) groups is 1. The molecule has 2 N–H and O–H groups in total. The molecule has 0 saturated heterocycles. The Balaban J connectivity index is 1.23. The second-order valence-electron chi connectivity index (χ2n) is 8.03. The van der Waals surface area contributed by atoms with Crippen molar-refractivity contribution in [3.05, 3.63) is 101 Å². The van der Waals surface area contributed by atoms with Crippen molar-refractivity contribution in [1.82, 2.24) is 10.3 Å². The van der Waals surface area contributed by atoms with Gasteiger partial charge in [0.15, 0.2) is 10.7 Å². The second-order valence-corrected chi connectivity index (χ2v) is 8.85. The number of carbonyl (C=O) groups excluding carboxylic acids is 1. The van der Waals surface area contributed by atoms with Crippen molar-refractivity contribution in [1.29, 1.82) is 0 Å². The van der Waals surface area contributed by atoms with Crippen LogP contribution < -0.4 is 10.6 Å². The Bertz CT molecular complexity index is 1610. The highest BCUT2D eigenvalue weighted by Crippen LogP contribution is 2.32.